The van der Waals surface area contributed by atoms with Gasteiger partial charge in [-0.25, -0.2) is 0 Å². The highest BCUT2D eigenvalue weighted by molar-refractivity contribution is 4.83. The summed E-state index contributed by atoms with van der Waals surface area (Å²) in [5.41, 5.74) is -0.108. The Hall–Kier alpha value is -0.160. The molecule has 1 heterocycles. The number of hydrogen-bond acceptors (Lipinski definition) is 4. The van der Waals surface area contributed by atoms with Gasteiger partial charge in [-0.2, -0.15) is 0 Å². The van der Waals surface area contributed by atoms with E-state index in [2.05, 4.69) is 43.1 Å². The van der Waals surface area contributed by atoms with Crippen LogP contribution in [-0.4, -0.2) is 73.4 Å². The molecule has 4 nitrogen and oxygen atoms in total. The van der Waals surface area contributed by atoms with Crippen LogP contribution in [0.5, 0.6) is 0 Å². The monoisotopic (exact) mass is 285 g/mol. The molecule has 0 aromatic heterocycles. The molecule has 1 fully saturated rings. The van der Waals surface area contributed by atoms with Crippen LogP contribution in [0.3, 0.4) is 0 Å². The smallest absolute Gasteiger partial charge is 0.0610 e. The number of aliphatic hydroxyl groups is 1. The summed E-state index contributed by atoms with van der Waals surface area (Å²) in [5, 5.41) is 13.1. The summed E-state index contributed by atoms with van der Waals surface area (Å²) in [5.74, 6) is 0. The molecular weight excluding hydrogens is 250 g/mol. The molecule has 0 aromatic carbocycles. The van der Waals surface area contributed by atoms with Crippen LogP contribution in [0.15, 0.2) is 0 Å². The van der Waals surface area contributed by atoms with Crippen molar-refractivity contribution in [1.29, 1.82) is 0 Å². The Morgan fingerprint density at radius 2 is 2.00 bits per heavy atom. The number of likely N-dealkylation sites (tertiary alicyclic amines) is 1. The standard InChI is InChI=1S/C16H35N3O/c1-5-10-17-16(2,14-20)9-6-11-19(4)15-7-12-18(3)13-8-15/h15,17,20H,5-14H2,1-4H3. The topological polar surface area (TPSA) is 38.7 Å². The number of rotatable bonds is 9. The van der Waals surface area contributed by atoms with Crippen molar-refractivity contribution in [3.05, 3.63) is 0 Å². The Morgan fingerprint density at radius 1 is 1.35 bits per heavy atom. The highest BCUT2D eigenvalue weighted by Gasteiger charge is 2.23. The molecule has 0 aromatic rings. The van der Waals surface area contributed by atoms with Gasteiger partial charge in [0.05, 0.1) is 6.61 Å². The van der Waals surface area contributed by atoms with Gasteiger partial charge in [0.15, 0.2) is 0 Å². The van der Waals surface area contributed by atoms with E-state index in [4.69, 9.17) is 0 Å². The Balaban J connectivity index is 2.24. The average molecular weight is 285 g/mol. The van der Waals surface area contributed by atoms with Gasteiger partial charge in [-0.1, -0.05) is 6.92 Å². The van der Waals surface area contributed by atoms with Gasteiger partial charge in [-0.05, 0) is 79.3 Å². The first-order valence-corrected chi connectivity index (χ1v) is 8.25. The average Bonchev–Trinajstić information content (AvgIpc) is 2.45. The predicted molar refractivity (Wildman–Crippen MR) is 86.2 cm³/mol. The molecule has 1 aliphatic rings. The lowest BCUT2D eigenvalue weighted by molar-refractivity contribution is 0.129. The molecule has 120 valence electrons. The second-order valence-electron chi connectivity index (χ2n) is 6.76. The maximum absolute atomic E-state index is 9.57. The summed E-state index contributed by atoms with van der Waals surface area (Å²) in [6.07, 6.45) is 5.89. The maximum Gasteiger partial charge on any atom is 0.0610 e. The summed E-state index contributed by atoms with van der Waals surface area (Å²) in [6, 6.07) is 0.746. The fourth-order valence-corrected chi connectivity index (χ4v) is 2.99. The molecular formula is C16H35N3O. The Kier molecular flexibility index (Phi) is 8.03. The lowest BCUT2D eigenvalue weighted by atomic mass is 9.96. The van der Waals surface area contributed by atoms with Crippen LogP contribution in [0.25, 0.3) is 0 Å². The Bertz CT molecular complexity index is 254. The molecule has 20 heavy (non-hydrogen) atoms. The largest absolute Gasteiger partial charge is 0.394 e. The summed E-state index contributed by atoms with van der Waals surface area (Å²) in [7, 11) is 4.47. The molecule has 1 atom stereocenters. The lowest BCUT2D eigenvalue weighted by Crippen LogP contribution is -2.47. The molecule has 4 heteroatoms. The van der Waals surface area contributed by atoms with Gasteiger partial charge >= 0.3 is 0 Å². The van der Waals surface area contributed by atoms with E-state index >= 15 is 0 Å². The van der Waals surface area contributed by atoms with Crippen LogP contribution in [0.2, 0.25) is 0 Å². The molecule has 0 bridgehead atoms. The molecule has 1 saturated heterocycles. The quantitative estimate of drug-likeness (QED) is 0.674. The van der Waals surface area contributed by atoms with Crippen LogP contribution >= 0.6 is 0 Å². The van der Waals surface area contributed by atoms with Crippen LogP contribution in [0, 0.1) is 0 Å². The zero-order valence-corrected chi connectivity index (χ0v) is 14.0. The first-order valence-electron chi connectivity index (χ1n) is 8.25. The number of nitrogens with one attached hydrogen (secondary N) is 1. The minimum atomic E-state index is -0.108. The first-order chi connectivity index (χ1) is 9.50. The van der Waals surface area contributed by atoms with Crippen molar-refractivity contribution in [2.75, 3.05) is 46.9 Å². The summed E-state index contributed by atoms with van der Waals surface area (Å²) in [6.45, 7) is 9.10. The first kappa shape index (κ1) is 17.9. The van der Waals surface area contributed by atoms with E-state index < -0.39 is 0 Å². The van der Waals surface area contributed by atoms with E-state index in [1.54, 1.807) is 0 Å². The van der Waals surface area contributed by atoms with E-state index in [0.29, 0.717) is 0 Å². The fourth-order valence-electron chi connectivity index (χ4n) is 2.99. The van der Waals surface area contributed by atoms with Crippen molar-refractivity contribution >= 4 is 0 Å². The molecule has 0 saturated carbocycles. The van der Waals surface area contributed by atoms with E-state index in [1.165, 1.54) is 25.9 Å². The molecule has 0 aliphatic carbocycles. The third-order valence-electron chi connectivity index (χ3n) is 4.70. The Morgan fingerprint density at radius 3 is 2.55 bits per heavy atom. The predicted octanol–water partition coefficient (Wildman–Crippen LogP) is 1.54. The SMILES string of the molecule is CCCNC(C)(CO)CCCN(C)C1CCN(C)CC1. The van der Waals surface area contributed by atoms with E-state index in [-0.39, 0.29) is 12.1 Å². The lowest BCUT2D eigenvalue weighted by Gasteiger charge is -2.36. The number of aliphatic hydroxyl groups excluding tert-OH is 1. The van der Waals surface area contributed by atoms with Crippen LogP contribution in [-0.2, 0) is 0 Å². The molecule has 1 rings (SSSR count). The number of nitrogens with zero attached hydrogens (tertiary/aromatic N) is 2. The fraction of sp³-hybridized carbons (Fsp3) is 1.00. The number of piperidine rings is 1. The maximum atomic E-state index is 9.57. The normalized spacial score (nSPS) is 21.3. The second kappa shape index (κ2) is 8.98. The van der Waals surface area contributed by atoms with E-state index in [1.807, 2.05) is 0 Å². The van der Waals surface area contributed by atoms with Crippen molar-refractivity contribution in [3.63, 3.8) is 0 Å². The number of hydrogen-bond donors (Lipinski definition) is 2. The minimum Gasteiger partial charge on any atom is -0.394 e. The minimum absolute atomic E-state index is 0.108. The third-order valence-corrected chi connectivity index (χ3v) is 4.70. The van der Waals surface area contributed by atoms with Crippen LogP contribution in [0.1, 0.15) is 46.0 Å². The van der Waals surface area contributed by atoms with Crippen molar-refractivity contribution < 1.29 is 5.11 Å². The van der Waals surface area contributed by atoms with Crippen molar-refractivity contribution in [2.45, 2.75) is 57.5 Å². The van der Waals surface area contributed by atoms with E-state index in [0.717, 1.165) is 38.4 Å². The summed E-state index contributed by atoms with van der Waals surface area (Å²) < 4.78 is 0. The second-order valence-corrected chi connectivity index (χ2v) is 6.76. The van der Waals surface area contributed by atoms with Crippen molar-refractivity contribution in [2.24, 2.45) is 0 Å². The van der Waals surface area contributed by atoms with Gasteiger partial charge in [-0.15, -0.1) is 0 Å². The molecule has 0 spiro atoms. The van der Waals surface area contributed by atoms with Gasteiger partial charge in [0, 0.05) is 11.6 Å². The zero-order chi connectivity index (χ0) is 15.0. The molecule has 1 unspecified atom stereocenters. The van der Waals surface area contributed by atoms with E-state index in [9.17, 15) is 5.11 Å². The molecule has 0 radical (unpaired) electrons. The van der Waals surface area contributed by atoms with Gasteiger partial charge in [0.2, 0.25) is 0 Å². The van der Waals surface area contributed by atoms with Crippen molar-refractivity contribution in [1.82, 2.24) is 15.1 Å². The van der Waals surface area contributed by atoms with Gasteiger partial charge in [-0.3, -0.25) is 0 Å². The van der Waals surface area contributed by atoms with Crippen LogP contribution in [0.4, 0.5) is 0 Å². The van der Waals surface area contributed by atoms with Gasteiger partial charge in [0.1, 0.15) is 0 Å². The zero-order valence-electron chi connectivity index (χ0n) is 14.0. The highest BCUT2D eigenvalue weighted by atomic mass is 16.3. The van der Waals surface area contributed by atoms with Gasteiger partial charge < -0.3 is 20.2 Å². The van der Waals surface area contributed by atoms with Gasteiger partial charge in [0.25, 0.3) is 0 Å². The third kappa shape index (κ3) is 6.08. The van der Waals surface area contributed by atoms with Crippen molar-refractivity contribution in [3.8, 4) is 0 Å². The molecule has 2 N–H and O–H groups in total. The summed E-state index contributed by atoms with van der Waals surface area (Å²) in [4.78, 5) is 4.94. The molecule has 1 aliphatic heterocycles. The summed E-state index contributed by atoms with van der Waals surface area (Å²) >= 11 is 0. The highest BCUT2D eigenvalue weighted by Crippen LogP contribution is 2.17. The Labute approximate surface area is 125 Å². The van der Waals surface area contributed by atoms with Crippen LogP contribution < -0.4 is 5.32 Å². The molecule has 0 amide bonds.